The Labute approximate surface area is 161 Å². The third kappa shape index (κ3) is 5.42. The van der Waals surface area contributed by atoms with E-state index in [1.165, 1.54) is 6.26 Å². The second-order valence-electron chi connectivity index (χ2n) is 7.25. The molecule has 6 nitrogen and oxygen atoms in total. The van der Waals surface area contributed by atoms with Crippen LogP contribution in [-0.4, -0.2) is 44.3 Å². The number of aromatic nitrogens is 2. The van der Waals surface area contributed by atoms with Crippen molar-refractivity contribution in [2.24, 2.45) is 11.8 Å². The van der Waals surface area contributed by atoms with E-state index in [-0.39, 0.29) is 0 Å². The number of benzene rings is 1. The molecular formula is C20H27N3O3S. The smallest absolute Gasteiger partial charge is 0.175 e. The van der Waals surface area contributed by atoms with Crippen LogP contribution < -0.4 is 9.64 Å². The lowest BCUT2D eigenvalue weighted by Gasteiger charge is -2.35. The number of ether oxygens (including phenoxy) is 1. The number of sulfone groups is 1. The summed E-state index contributed by atoms with van der Waals surface area (Å²) in [5, 5.41) is 0. The van der Waals surface area contributed by atoms with E-state index in [1.54, 1.807) is 36.7 Å². The van der Waals surface area contributed by atoms with Crippen molar-refractivity contribution in [2.75, 3.05) is 30.9 Å². The fraction of sp³-hybridized carbons (Fsp3) is 0.500. The Morgan fingerprint density at radius 2 is 1.89 bits per heavy atom. The predicted octanol–water partition coefficient (Wildman–Crippen LogP) is 3.20. The molecule has 146 valence electrons. The first-order chi connectivity index (χ1) is 12.9. The van der Waals surface area contributed by atoms with Gasteiger partial charge in [0, 0.05) is 31.7 Å². The standard InChI is InChI=1S/C20H27N3O3S/c1-16(9-14-26-18-3-5-19(6-4-18)27(2,24)25)17-7-12-23(13-8-17)20-15-21-10-11-22-20/h3-6,10-11,15-17H,7-9,12-14H2,1-2H3/t16-/m1/s1. The van der Waals surface area contributed by atoms with E-state index in [4.69, 9.17) is 4.74 Å². The van der Waals surface area contributed by atoms with E-state index in [1.807, 2.05) is 6.20 Å². The van der Waals surface area contributed by atoms with E-state index in [2.05, 4.69) is 21.8 Å². The van der Waals surface area contributed by atoms with Gasteiger partial charge in [-0.25, -0.2) is 13.4 Å². The molecule has 0 unspecified atom stereocenters. The molecule has 2 aromatic rings. The second kappa shape index (κ2) is 8.69. The van der Waals surface area contributed by atoms with Crippen LogP contribution in [0.1, 0.15) is 26.2 Å². The van der Waals surface area contributed by atoms with Gasteiger partial charge < -0.3 is 9.64 Å². The zero-order valence-corrected chi connectivity index (χ0v) is 16.7. The van der Waals surface area contributed by atoms with Crippen molar-refractivity contribution >= 4 is 15.7 Å². The molecule has 1 aromatic heterocycles. The molecule has 27 heavy (non-hydrogen) atoms. The van der Waals surface area contributed by atoms with Gasteiger partial charge >= 0.3 is 0 Å². The minimum atomic E-state index is -3.16. The monoisotopic (exact) mass is 389 g/mol. The van der Waals surface area contributed by atoms with Crippen LogP contribution in [0.2, 0.25) is 0 Å². The number of hydrogen-bond acceptors (Lipinski definition) is 6. The van der Waals surface area contributed by atoms with Gasteiger partial charge in [-0.05, 0) is 55.4 Å². The molecule has 0 N–H and O–H groups in total. The number of nitrogens with zero attached hydrogens (tertiary/aromatic N) is 3. The van der Waals surface area contributed by atoms with E-state index in [0.29, 0.717) is 29.1 Å². The van der Waals surface area contributed by atoms with Gasteiger partial charge in [-0.1, -0.05) is 6.92 Å². The van der Waals surface area contributed by atoms with Crippen LogP contribution in [0.15, 0.2) is 47.8 Å². The highest BCUT2D eigenvalue weighted by Gasteiger charge is 2.24. The summed E-state index contributed by atoms with van der Waals surface area (Å²) in [5.74, 6) is 2.95. The van der Waals surface area contributed by atoms with Gasteiger partial charge in [0.05, 0.1) is 17.7 Å². The van der Waals surface area contributed by atoms with Crippen molar-refractivity contribution < 1.29 is 13.2 Å². The Balaban J connectivity index is 1.42. The van der Waals surface area contributed by atoms with Gasteiger partial charge in [-0.15, -0.1) is 0 Å². The van der Waals surface area contributed by atoms with E-state index in [9.17, 15) is 8.42 Å². The maximum Gasteiger partial charge on any atom is 0.175 e. The summed E-state index contributed by atoms with van der Waals surface area (Å²) in [4.78, 5) is 11.1. The zero-order valence-electron chi connectivity index (χ0n) is 15.9. The largest absolute Gasteiger partial charge is 0.494 e. The highest BCUT2D eigenvalue weighted by Crippen LogP contribution is 2.29. The Hall–Kier alpha value is -2.15. The van der Waals surface area contributed by atoms with Crippen molar-refractivity contribution in [1.29, 1.82) is 0 Å². The fourth-order valence-electron chi connectivity index (χ4n) is 3.53. The average molecular weight is 390 g/mol. The molecule has 3 rings (SSSR count). The average Bonchev–Trinajstić information content (AvgIpc) is 2.68. The number of anilines is 1. The Kier molecular flexibility index (Phi) is 6.31. The van der Waals surface area contributed by atoms with E-state index < -0.39 is 9.84 Å². The number of piperidine rings is 1. The topological polar surface area (TPSA) is 72.4 Å². The number of rotatable bonds is 7. The highest BCUT2D eigenvalue weighted by atomic mass is 32.2. The molecule has 1 aromatic carbocycles. The Morgan fingerprint density at radius 3 is 2.48 bits per heavy atom. The van der Waals surface area contributed by atoms with Crippen molar-refractivity contribution in [3.05, 3.63) is 42.9 Å². The summed E-state index contributed by atoms with van der Waals surface area (Å²) in [7, 11) is -3.16. The van der Waals surface area contributed by atoms with Crippen LogP contribution in [0.4, 0.5) is 5.82 Å². The van der Waals surface area contributed by atoms with Crippen molar-refractivity contribution in [2.45, 2.75) is 31.1 Å². The summed E-state index contributed by atoms with van der Waals surface area (Å²) < 4.78 is 28.8. The lowest BCUT2D eigenvalue weighted by atomic mass is 9.84. The number of hydrogen-bond donors (Lipinski definition) is 0. The quantitative estimate of drug-likeness (QED) is 0.724. The van der Waals surface area contributed by atoms with Crippen LogP contribution in [0.3, 0.4) is 0 Å². The van der Waals surface area contributed by atoms with Crippen molar-refractivity contribution in [3.8, 4) is 5.75 Å². The Bertz CT molecular complexity index is 817. The molecule has 0 spiro atoms. The van der Waals surface area contributed by atoms with Gasteiger partial charge in [0.25, 0.3) is 0 Å². The van der Waals surface area contributed by atoms with Crippen molar-refractivity contribution in [1.82, 2.24) is 9.97 Å². The van der Waals surface area contributed by atoms with Crippen molar-refractivity contribution in [3.63, 3.8) is 0 Å². The van der Waals surface area contributed by atoms with Crippen LogP contribution in [0.5, 0.6) is 5.75 Å². The van der Waals surface area contributed by atoms with E-state index in [0.717, 1.165) is 38.2 Å². The molecule has 0 amide bonds. The maximum atomic E-state index is 11.5. The third-order valence-corrected chi connectivity index (χ3v) is 6.44. The summed E-state index contributed by atoms with van der Waals surface area (Å²) >= 11 is 0. The normalized spacial score (nSPS) is 16.9. The first kappa shape index (κ1) is 19.6. The van der Waals surface area contributed by atoms with Gasteiger partial charge in [-0.3, -0.25) is 4.98 Å². The molecule has 1 aliphatic heterocycles. The summed E-state index contributed by atoms with van der Waals surface area (Å²) in [6.07, 6.45) is 9.77. The van der Waals surface area contributed by atoms with Crippen LogP contribution >= 0.6 is 0 Å². The molecule has 0 aliphatic carbocycles. The molecular weight excluding hydrogens is 362 g/mol. The summed E-state index contributed by atoms with van der Waals surface area (Å²) in [5.41, 5.74) is 0. The van der Waals surface area contributed by atoms with Gasteiger partial charge in [0.15, 0.2) is 9.84 Å². The Morgan fingerprint density at radius 1 is 1.19 bits per heavy atom. The fourth-order valence-corrected chi connectivity index (χ4v) is 4.16. The predicted molar refractivity (Wildman–Crippen MR) is 106 cm³/mol. The lowest BCUT2D eigenvalue weighted by molar-refractivity contribution is 0.223. The van der Waals surface area contributed by atoms with Crippen LogP contribution in [-0.2, 0) is 9.84 Å². The molecule has 7 heteroatoms. The minimum absolute atomic E-state index is 0.318. The second-order valence-corrected chi connectivity index (χ2v) is 9.26. The van der Waals surface area contributed by atoms with Gasteiger partial charge in [-0.2, -0.15) is 0 Å². The zero-order chi connectivity index (χ0) is 19.3. The third-order valence-electron chi connectivity index (χ3n) is 5.31. The first-order valence-electron chi connectivity index (χ1n) is 9.37. The first-order valence-corrected chi connectivity index (χ1v) is 11.3. The molecule has 1 saturated heterocycles. The molecule has 1 atom stereocenters. The highest BCUT2D eigenvalue weighted by molar-refractivity contribution is 7.90. The molecule has 2 heterocycles. The molecule has 0 saturated carbocycles. The van der Waals surface area contributed by atoms with Gasteiger partial charge in [0.2, 0.25) is 0 Å². The maximum absolute atomic E-state index is 11.5. The van der Waals surface area contributed by atoms with E-state index >= 15 is 0 Å². The minimum Gasteiger partial charge on any atom is -0.494 e. The summed E-state index contributed by atoms with van der Waals surface area (Å²) in [6, 6.07) is 6.63. The molecule has 0 radical (unpaired) electrons. The van der Waals surface area contributed by atoms with Crippen LogP contribution in [0.25, 0.3) is 0 Å². The lowest BCUT2D eigenvalue weighted by Crippen LogP contribution is -2.36. The summed E-state index contributed by atoms with van der Waals surface area (Å²) in [6.45, 7) is 4.96. The molecule has 1 aliphatic rings. The van der Waals surface area contributed by atoms with Gasteiger partial charge in [0.1, 0.15) is 11.6 Å². The van der Waals surface area contributed by atoms with Crippen LogP contribution in [0, 0.1) is 11.8 Å². The molecule has 0 bridgehead atoms. The SMILES string of the molecule is C[C@H](CCOc1ccc(S(C)(=O)=O)cc1)C1CCN(c2cnccn2)CC1. The molecule has 1 fully saturated rings.